The number of amides is 2. The molecule has 1 unspecified atom stereocenters. The molecule has 2 N–H and O–H groups in total. The Bertz CT molecular complexity index is 536. The normalized spacial score (nSPS) is 12.6. The Labute approximate surface area is 151 Å². The van der Waals surface area contributed by atoms with Gasteiger partial charge in [-0.2, -0.15) is 0 Å². The number of rotatable bonds is 8. The fourth-order valence-corrected chi connectivity index (χ4v) is 2.50. The Morgan fingerprint density at radius 3 is 2.28 bits per heavy atom. The predicted molar refractivity (Wildman–Crippen MR) is 101 cm³/mol. The summed E-state index contributed by atoms with van der Waals surface area (Å²) in [7, 11) is 0. The second-order valence-corrected chi connectivity index (χ2v) is 7.60. The number of benzene rings is 1. The van der Waals surface area contributed by atoms with Crippen LogP contribution in [-0.2, 0) is 9.53 Å². The van der Waals surface area contributed by atoms with Crippen molar-refractivity contribution in [3.63, 3.8) is 0 Å². The van der Waals surface area contributed by atoms with Crippen molar-refractivity contribution < 1.29 is 14.3 Å². The zero-order chi connectivity index (χ0) is 18.9. The first-order valence-electron chi connectivity index (χ1n) is 8.97. The highest BCUT2D eigenvalue weighted by atomic mass is 16.6. The fraction of sp³-hybridized carbons (Fsp3) is 0.600. The van der Waals surface area contributed by atoms with Crippen LogP contribution < -0.4 is 10.6 Å². The van der Waals surface area contributed by atoms with Gasteiger partial charge in [-0.05, 0) is 38.7 Å². The third kappa shape index (κ3) is 9.13. The molecular weight excluding hydrogens is 316 g/mol. The van der Waals surface area contributed by atoms with Gasteiger partial charge in [0.2, 0.25) is 5.91 Å². The quantitative estimate of drug-likeness (QED) is 0.701. The van der Waals surface area contributed by atoms with E-state index in [-0.39, 0.29) is 5.91 Å². The minimum atomic E-state index is -0.509. The predicted octanol–water partition coefficient (Wildman–Crippen LogP) is 3.85. The third-order valence-electron chi connectivity index (χ3n) is 3.80. The van der Waals surface area contributed by atoms with E-state index in [1.54, 1.807) is 0 Å². The van der Waals surface area contributed by atoms with Crippen molar-refractivity contribution in [2.24, 2.45) is 5.92 Å². The molecule has 1 aromatic rings. The maximum atomic E-state index is 12.0. The highest BCUT2D eigenvalue weighted by Crippen LogP contribution is 2.23. The van der Waals surface area contributed by atoms with Crippen molar-refractivity contribution in [2.45, 2.75) is 59.0 Å². The first-order valence-corrected chi connectivity index (χ1v) is 8.97. The van der Waals surface area contributed by atoms with Crippen LogP contribution in [0.25, 0.3) is 0 Å². The van der Waals surface area contributed by atoms with Gasteiger partial charge >= 0.3 is 6.09 Å². The third-order valence-corrected chi connectivity index (χ3v) is 3.80. The van der Waals surface area contributed by atoms with Crippen molar-refractivity contribution in [3.05, 3.63) is 35.9 Å². The maximum Gasteiger partial charge on any atom is 0.407 e. The average Bonchev–Trinajstić information content (AvgIpc) is 2.51. The summed E-state index contributed by atoms with van der Waals surface area (Å²) in [5, 5.41) is 5.67. The van der Waals surface area contributed by atoms with Gasteiger partial charge in [0.05, 0.1) is 0 Å². The van der Waals surface area contributed by atoms with E-state index in [0.29, 0.717) is 37.8 Å². The maximum absolute atomic E-state index is 12.0. The fourth-order valence-electron chi connectivity index (χ4n) is 2.50. The molecule has 0 radical (unpaired) electrons. The van der Waals surface area contributed by atoms with Gasteiger partial charge in [-0.15, -0.1) is 0 Å². The van der Waals surface area contributed by atoms with Gasteiger partial charge < -0.3 is 15.4 Å². The van der Waals surface area contributed by atoms with E-state index in [1.807, 2.05) is 39.0 Å². The number of hydrogen-bond donors (Lipinski definition) is 2. The van der Waals surface area contributed by atoms with E-state index in [1.165, 1.54) is 5.56 Å². The van der Waals surface area contributed by atoms with Crippen LogP contribution in [0.4, 0.5) is 4.79 Å². The molecule has 140 valence electrons. The average molecular weight is 348 g/mol. The van der Waals surface area contributed by atoms with Crippen LogP contribution >= 0.6 is 0 Å². The molecule has 5 heteroatoms. The molecule has 0 saturated heterocycles. The minimum Gasteiger partial charge on any atom is -0.444 e. The second kappa shape index (κ2) is 10.1. The summed E-state index contributed by atoms with van der Waals surface area (Å²) >= 11 is 0. The summed E-state index contributed by atoms with van der Waals surface area (Å²) < 4.78 is 5.15. The molecule has 2 amide bonds. The standard InChI is InChI=1S/C20H32N2O3/c1-15(2)17(16-10-7-6-8-11-16)14-22-18(23)12-9-13-21-19(24)25-20(3,4)5/h6-8,10-11,15,17H,9,12-14H2,1-5H3,(H,21,24)(H,22,23). The van der Waals surface area contributed by atoms with Crippen LogP contribution in [-0.4, -0.2) is 30.7 Å². The van der Waals surface area contributed by atoms with Gasteiger partial charge in [0.25, 0.3) is 0 Å². The molecule has 5 nitrogen and oxygen atoms in total. The summed E-state index contributed by atoms with van der Waals surface area (Å²) in [6.45, 7) is 10.8. The Balaban J connectivity index is 2.29. The molecule has 1 atom stereocenters. The molecule has 0 aliphatic carbocycles. The second-order valence-electron chi connectivity index (χ2n) is 7.60. The van der Waals surface area contributed by atoms with Gasteiger partial charge in [-0.3, -0.25) is 4.79 Å². The van der Waals surface area contributed by atoms with E-state index in [2.05, 4.69) is 36.6 Å². The van der Waals surface area contributed by atoms with Crippen LogP contribution in [0.15, 0.2) is 30.3 Å². The first kappa shape index (κ1) is 21.0. The van der Waals surface area contributed by atoms with Crippen molar-refractivity contribution in [2.75, 3.05) is 13.1 Å². The lowest BCUT2D eigenvalue weighted by Crippen LogP contribution is -2.34. The van der Waals surface area contributed by atoms with Crippen molar-refractivity contribution in [1.29, 1.82) is 0 Å². The molecule has 0 bridgehead atoms. The van der Waals surface area contributed by atoms with Gasteiger partial charge in [0.1, 0.15) is 5.60 Å². The SMILES string of the molecule is CC(C)C(CNC(=O)CCCNC(=O)OC(C)(C)C)c1ccccc1. The van der Waals surface area contributed by atoms with E-state index in [4.69, 9.17) is 4.74 Å². The largest absolute Gasteiger partial charge is 0.444 e. The molecule has 1 aromatic carbocycles. The molecule has 0 heterocycles. The minimum absolute atomic E-state index is 0.00701. The van der Waals surface area contributed by atoms with Gasteiger partial charge in [0.15, 0.2) is 0 Å². The zero-order valence-corrected chi connectivity index (χ0v) is 16.1. The molecule has 0 aliphatic rings. The van der Waals surface area contributed by atoms with Crippen LogP contribution in [0.1, 0.15) is 58.9 Å². The Morgan fingerprint density at radius 2 is 1.72 bits per heavy atom. The number of nitrogens with one attached hydrogen (secondary N) is 2. The highest BCUT2D eigenvalue weighted by molar-refractivity contribution is 5.76. The van der Waals surface area contributed by atoms with E-state index >= 15 is 0 Å². The van der Waals surface area contributed by atoms with Crippen LogP contribution in [0.3, 0.4) is 0 Å². The van der Waals surface area contributed by atoms with E-state index < -0.39 is 11.7 Å². The molecule has 1 rings (SSSR count). The molecule has 0 saturated carbocycles. The molecular formula is C20H32N2O3. The van der Waals surface area contributed by atoms with Gasteiger partial charge in [-0.25, -0.2) is 4.79 Å². The van der Waals surface area contributed by atoms with Crippen LogP contribution in [0.2, 0.25) is 0 Å². The van der Waals surface area contributed by atoms with E-state index in [0.717, 1.165) is 0 Å². The van der Waals surface area contributed by atoms with Gasteiger partial charge in [-0.1, -0.05) is 44.2 Å². The number of carbonyl (C=O) groups excluding carboxylic acids is 2. The molecule has 0 aliphatic heterocycles. The zero-order valence-electron chi connectivity index (χ0n) is 16.1. The Hall–Kier alpha value is -2.04. The number of alkyl carbamates (subject to hydrolysis) is 1. The lowest BCUT2D eigenvalue weighted by Gasteiger charge is -2.22. The summed E-state index contributed by atoms with van der Waals surface area (Å²) in [6, 6.07) is 10.2. The molecule has 0 fully saturated rings. The summed E-state index contributed by atoms with van der Waals surface area (Å²) in [4.78, 5) is 23.5. The van der Waals surface area contributed by atoms with Crippen LogP contribution in [0.5, 0.6) is 0 Å². The van der Waals surface area contributed by atoms with E-state index in [9.17, 15) is 9.59 Å². The molecule has 25 heavy (non-hydrogen) atoms. The van der Waals surface area contributed by atoms with Crippen molar-refractivity contribution in [1.82, 2.24) is 10.6 Å². The topological polar surface area (TPSA) is 67.4 Å². The number of carbonyl (C=O) groups is 2. The smallest absolute Gasteiger partial charge is 0.407 e. The number of ether oxygens (including phenoxy) is 1. The Kier molecular flexibility index (Phi) is 8.46. The summed E-state index contributed by atoms with van der Waals surface area (Å²) in [6.07, 6.45) is 0.523. The first-order chi connectivity index (χ1) is 11.7. The highest BCUT2D eigenvalue weighted by Gasteiger charge is 2.17. The monoisotopic (exact) mass is 348 g/mol. The lowest BCUT2D eigenvalue weighted by molar-refractivity contribution is -0.121. The summed E-state index contributed by atoms with van der Waals surface area (Å²) in [5.41, 5.74) is 0.731. The van der Waals surface area contributed by atoms with Crippen LogP contribution in [0, 0.1) is 5.92 Å². The molecule has 0 aromatic heterocycles. The van der Waals surface area contributed by atoms with Gasteiger partial charge in [0, 0.05) is 25.4 Å². The Morgan fingerprint density at radius 1 is 1.08 bits per heavy atom. The number of hydrogen-bond acceptors (Lipinski definition) is 3. The van der Waals surface area contributed by atoms with Crippen molar-refractivity contribution in [3.8, 4) is 0 Å². The molecule has 0 spiro atoms. The summed E-state index contributed by atoms with van der Waals surface area (Å²) in [5.74, 6) is 0.745. The lowest BCUT2D eigenvalue weighted by atomic mass is 9.88. The van der Waals surface area contributed by atoms with Crippen molar-refractivity contribution >= 4 is 12.0 Å².